The van der Waals surface area contributed by atoms with E-state index in [2.05, 4.69) is 16.5 Å². The molecule has 0 spiro atoms. The zero-order valence-corrected chi connectivity index (χ0v) is 11.8. The average molecular weight is 271 g/mol. The van der Waals surface area contributed by atoms with Crippen LogP contribution in [0, 0.1) is 0 Å². The summed E-state index contributed by atoms with van der Waals surface area (Å²) in [6.07, 6.45) is 4.50. The van der Waals surface area contributed by atoms with E-state index in [9.17, 15) is 0 Å². The van der Waals surface area contributed by atoms with Crippen LogP contribution in [0.1, 0.15) is 17.7 Å². The van der Waals surface area contributed by atoms with Gasteiger partial charge in [-0.1, -0.05) is 24.3 Å². The molecule has 1 atom stereocenters. The summed E-state index contributed by atoms with van der Waals surface area (Å²) in [6.45, 7) is 0. The highest BCUT2D eigenvalue weighted by atomic mass is 16.5. The second kappa shape index (κ2) is 7.62. The molecule has 0 amide bonds. The molecule has 2 rings (SSSR count). The fourth-order valence-electron chi connectivity index (χ4n) is 2.25. The molecule has 4 nitrogen and oxygen atoms in total. The maximum absolute atomic E-state index is 5.67. The first-order valence-corrected chi connectivity index (χ1v) is 6.81. The third kappa shape index (κ3) is 4.05. The van der Waals surface area contributed by atoms with E-state index >= 15 is 0 Å². The number of nitrogens with one attached hydrogen (secondary N) is 1. The molecule has 1 heterocycles. The Hall–Kier alpha value is -1.91. The summed E-state index contributed by atoms with van der Waals surface area (Å²) in [4.78, 5) is 4.33. The zero-order chi connectivity index (χ0) is 14.2. The first kappa shape index (κ1) is 14.5. The van der Waals surface area contributed by atoms with Crippen LogP contribution in [0.4, 0.5) is 0 Å². The van der Waals surface area contributed by atoms with Gasteiger partial charge in [-0.15, -0.1) is 0 Å². The minimum absolute atomic E-state index is 0.202. The van der Waals surface area contributed by atoms with Crippen molar-refractivity contribution in [3.63, 3.8) is 0 Å². The Labute approximate surface area is 120 Å². The second-order valence-corrected chi connectivity index (χ2v) is 4.74. The summed E-state index contributed by atoms with van der Waals surface area (Å²) in [5, 5.41) is 0. The van der Waals surface area contributed by atoms with Crippen LogP contribution in [0.3, 0.4) is 0 Å². The lowest BCUT2D eigenvalue weighted by Crippen LogP contribution is -2.37. The number of rotatable bonds is 7. The number of ether oxygens (including phenoxy) is 1. The van der Waals surface area contributed by atoms with Crippen LogP contribution in [-0.4, -0.2) is 18.1 Å². The van der Waals surface area contributed by atoms with E-state index in [-0.39, 0.29) is 6.04 Å². The third-order valence-electron chi connectivity index (χ3n) is 3.37. The predicted octanol–water partition coefficient (Wildman–Crippen LogP) is 2.10. The third-order valence-corrected chi connectivity index (χ3v) is 3.37. The molecule has 0 aliphatic rings. The number of methoxy groups -OCH3 is 1. The summed E-state index contributed by atoms with van der Waals surface area (Å²) in [5.41, 5.74) is 5.15. The first-order valence-electron chi connectivity index (χ1n) is 6.81. The van der Waals surface area contributed by atoms with E-state index in [4.69, 9.17) is 10.6 Å². The molecular weight excluding hydrogens is 250 g/mol. The molecule has 1 aromatic carbocycles. The van der Waals surface area contributed by atoms with Crippen LogP contribution in [0.5, 0.6) is 5.75 Å². The molecule has 106 valence electrons. The van der Waals surface area contributed by atoms with Crippen LogP contribution in [-0.2, 0) is 12.8 Å². The van der Waals surface area contributed by atoms with Gasteiger partial charge in [0.25, 0.3) is 0 Å². The second-order valence-electron chi connectivity index (χ2n) is 4.74. The van der Waals surface area contributed by atoms with Gasteiger partial charge >= 0.3 is 0 Å². The number of nitrogens with zero attached hydrogens (tertiary/aromatic N) is 1. The molecule has 0 aliphatic heterocycles. The van der Waals surface area contributed by atoms with Crippen LogP contribution >= 0.6 is 0 Å². The van der Waals surface area contributed by atoms with Crippen molar-refractivity contribution in [3.05, 3.63) is 59.9 Å². The Bertz CT molecular complexity index is 516. The molecule has 0 saturated carbocycles. The van der Waals surface area contributed by atoms with Crippen molar-refractivity contribution in [3.8, 4) is 5.75 Å². The normalized spacial score (nSPS) is 12.1. The molecule has 0 saturated heterocycles. The summed E-state index contributed by atoms with van der Waals surface area (Å²) in [7, 11) is 1.69. The van der Waals surface area contributed by atoms with Crippen molar-refractivity contribution >= 4 is 0 Å². The maximum Gasteiger partial charge on any atom is 0.122 e. The number of benzene rings is 1. The highest BCUT2D eigenvalue weighted by Gasteiger charge is 2.11. The first-order chi connectivity index (χ1) is 9.83. The smallest absolute Gasteiger partial charge is 0.122 e. The molecule has 4 heteroatoms. The number of pyridine rings is 1. The predicted molar refractivity (Wildman–Crippen MR) is 80.4 cm³/mol. The molecule has 0 aliphatic carbocycles. The Balaban J connectivity index is 1.95. The summed E-state index contributed by atoms with van der Waals surface area (Å²) >= 11 is 0. The lowest BCUT2D eigenvalue weighted by atomic mass is 10.0. The molecule has 3 N–H and O–H groups in total. The van der Waals surface area contributed by atoms with Crippen LogP contribution in [0.2, 0.25) is 0 Å². The van der Waals surface area contributed by atoms with E-state index in [0.717, 1.165) is 30.7 Å². The van der Waals surface area contributed by atoms with Gasteiger partial charge < -0.3 is 4.74 Å². The van der Waals surface area contributed by atoms with Crippen LogP contribution in [0.25, 0.3) is 0 Å². The summed E-state index contributed by atoms with van der Waals surface area (Å²) in [5.74, 6) is 6.57. The minimum Gasteiger partial charge on any atom is -0.496 e. The van der Waals surface area contributed by atoms with Gasteiger partial charge in [-0.25, -0.2) is 0 Å². The molecular formula is C16H21N3O. The van der Waals surface area contributed by atoms with E-state index in [1.165, 1.54) is 5.56 Å². The molecule has 0 radical (unpaired) electrons. The number of nitrogens with two attached hydrogens (primary N) is 1. The number of hydrogen-bond donors (Lipinski definition) is 2. The Morgan fingerprint density at radius 2 is 2.00 bits per heavy atom. The maximum atomic E-state index is 5.67. The highest BCUT2D eigenvalue weighted by molar-refractivity contribution is 5.33. The molecule has 2 aromatic rings. The van der Waals surface area contributed by atoms with Crippen molar-refractivity contribution < 1.29 is 4.74 Å². The van der Waals surface area contributed by atoms with Gasteiger partial charge in [-0.05, 0) is 43.0 Å². The quantitative estimate of drug-likeness (QED) is 0.598. The van der Waals surface area contributed by atoms with Gasteiger partial charge in [0.1, 0.15) is 5.75 Å². The van der Waals surface area contributed by atoms with Gasteiger partial charge in [-0.2, -0.15) is 0 Å². The van der Waals surface area contributed by atoms with Crippen LogP contribution in [0.15, 0.2) is 48.7 Å². The molecule has 20 heavy (non-hydrogen) atoms. The average Bonchev–Trinajstić information content (AvgIpc) is 2.52. The van der Waals surface area contributed by atoms with E-state index in [1.807, 2.05) is 42.6 Å². The topological polar surface area (TPSA) is 60.2 Å². The SMILES string of the molecule is COc1ccccc1CC(CCc1ccccn1)NN. The number of aromatic nitrogens is 1. The fourth-order valence-corrected chi connectivity index (χ4v) is 2.25. The van der Waals surface area contributed by atoms with E-state index in [1.54, 1.807) is 7.11 Å². The van der Waals surface area contributed by atoms with E-state index in [0.29, 0.717) is 0 Å². The lowest BCUT2D eigenvalue weighted by molar-refractivity contribution is 0.403. The Kier molecular flexibility index (Phi) is 5.53. The lowest BCUT2D eigenvalue weighted by Gasteiger charge is -2.17. The fraction of sp³-hybridized carbons (Fsp3) is 0.312. The number of para-hydroxylation sites is 1. The van der Waals surface area contributed by atoms with Crippen molar-refractivity contribution in [2.45, 2.75) is 25.3 Å². The monoisotopic (exact) mass is 271 g/mol. The van der Waals surface area contributed by atoms with Gasteiger partial charge in [-0.3, -0.25) is 16.3 Å². The standard InChI is InChI=1S/C16H21N3O/c1-20-16-8-3-2-6-13(16)12-15(19-17)10-9-14-7-4-5-11-18-14/h2-8,11,15,19H,9-10,12,17H2,1H3. The molecule has 0 bridgehead atoms. The largest absolute Gasteiger partial charge is 0.496 e. The van der Waals surface area contributed by atoms with Crippen molar-refractivity contribution in [2.24, 2.45) is 5.84 Å². The van der Waals surface area contributed by atoms with Crippen molar-refractivity contribution in [1.29, 1.82) is 0 Å². The van der Waals surface area contributed by atoms with Gasteiger partial charge in [0, 0.05) is 17.9 Å². The summed E-state index contributed by atoms with van der Waals surface area (Å²) < 4.78 is 5.37. The Morgan fingerprint density at radius 1 is 1.20 bits per heavy atom. The van der Waals surface area contributed by atoms with E-state index < -0.39 is 0 Å². The Morgan fingerprint density at radius 3 is 2.70 bits per heavy atom. The number of aryl methyl sites for hydroxylation is 1. The molecule has 0 fully saturated rings. The summed E-state index contributed by atoms with van der Waals surface area (Å²) in [6, 6.07) is 14.2. The molecule has 1 unspecified atom stereocenters. The van der Waals surface area contributed by atoms with Crippen LogP contribution < -0.4 is 16.0 Å². The minimum atomic E-state index is 0.202. The zero-order valence-electron chi connectivity index (χ0n) is 11.8. The highest BCUT2D eigenvalue weighted by Crippen LogP contribution is 2.20. The van der Waals surface area contributed by atoms with Gasteiger partial charge in [0.15, 0.2) is 0 Å². The van der Waals surface area contributed by atoms with Crippen molar-refractivity contribution in [2.75, 3.05) is 7.11 Å². The number of hydrogen-bond acceptors (Lipinski definition) is 4. The van der Waals surface area contributed by atoms with Gasteiger partial charge in [0.05, 0.1) is 7.11 Å². The molecule has 1 aromatic heterocycles. The van der Waals surface area contributed by atoms with Gasteiger partial charge in [0.2, 0.25) is 0 Å². The number of hydrazine groups is 1. The van der Waals surface area contributed by atoms with Crippen molar-refractivity contribution in [1.82, 2.24) is 10.4 Å².